The first kappa shape index (κ1) is 11.8. The minimum Gasteiger partial charge on any atom is -0.396 e. The third kappa shape index (κ3) is 4.69. The van der Waals surface area contributed by atoms with Crippen LogP contribution < -0.4 is 5.32 Å². The van der Waals surface area contributed by atoms with Crippen LogP contribution in [0.25, 0.3) is 0 Å². The van der Waals surface area contributed by atoms with Crippen molar-refractivity contribution in [2.45, 2.75) is 12.6 Å². The molecule has 0 fully saturated rings. The van der Waals surface area contributed by atoms with Gasteiger partial charge in [0.05, 0.1) is 0 Å². The first-order valence-electron chi connectivity index (χ1n) is 4.52. The second-order valence-electron chi connectivity index (χ2n) is 3.14. The highest BCUT2D eigenvalue weighted by Crippen LogP contribution is 2.17. The van der Waals surface area contributed by atoms with Gasteiger partial charge in [-0.25, -0.2) is 0 Å². The fourth-order valence-corrected chi connectivity index (χ4v) is 1.17. The Morgan fingerprint density at radius 2 is 2.00 bits per heavy atom. The number of hydrogen-bond donors (Lipinski definition) is 2. The highest BCUT2D eigenvalue weighted by atomic mass is 19.4. The normalized spacial score (nSPS) is 11.5. The van der Waals surface area contributed by atoms with Crippen LogP contribution in [0, 0.1) is 0 Å². The number of aliphatic hydroxyl groups excluding tert-OH is 1. The predicted octanol–water partition coefficient (Wildman–Crippen LogP) is 2.20. The highest BCUT2D eigenvalue weighted by molar-refractivity contribution is 5.45. The molecule has 0 spiro atoms. The van der Waals surface area contributed by atoms with E-state index in [0.717, 1.165) is 5.56 Å². The van der Waals surface area contributed by atoms with Gasteiger partial charge in [0.25, 0.3) is 0 Å². The van der Waals surface area contributed by atoms with E-state index < -0.39 is 12.7 Å². The summed E-state index contributed by atoms with van der Waals surface area (Å²) in [4.78, 5) is 0. The maximum absolute atomic E-state index is 11.9. The summed E-state index contributed by atoms with van der Waals surface area (Å²) < 4.78 is 35.7. The quantitative estimate of drug-likeness (QED) is 0.813. The number of anilines is 1. The van der Waals surface area contributed by atoms with Crippen LogP contribution in [0.4, 0.5) is 18.9 Å². The summed E-state index contributed by atoms with van der Waals surface area (Å²) in [5.41, 5.74) is 1.22. The van der Waals surface area contributed by atoms with Gasteiger partial charge in [-0.1, -0.05) is 12.1 Å². The molecule has 0 saturated carbocycles. The van der Waals surface area contributed by atoms with Crippen LogP contribution in [0.2, 0.25) is 0 Å². The Morgan fingerprint density at radius 1 is 1.27 bits per heavy atom. The Morgan fingerprint density at radius 3 is 2.60 bits per heavy atom. The number of aliphatic hydroxyl groups is 1. The van der Waals surface area contributed by atoms with Crippen molar-refractivity contribution < 1.29 is 18.3 Å². The lowest BCUT2D eigenvalue weighted by molar-refractivity contribution is -0.115. The molecule has 0 atom stereocenters. The maximum Gasteiger partial charge on any atom is 0.405 e. The van der Waals surface area contributed by atoms with E-state index in [2.05, 4.69) is 5.32 Å². The van der Waals surface area contributed by atoms with Gasteiger partial charge in [-0.2, -0.15) is 13.2 Å². The van der Waals surface area contributed by atoms with Gasteiger partial charge >= 0.3 is 6.18 Å². The van der Waals surface area contributed by atoms with E-state index in [1.165, 1.54) is 0 Å². The minimum absolute atomic E-state index is 0.0112. The predicted molar refractivity (Wildman–Crippen MR) is 51.8 cm³/mol. The van der Waals surface area contributed by atoms with E-state index in [1.807, 2.05) is 0 Å². The van der Waals surface area contributed by atoms with Crippen LogP contribution in [0.5, 0.6) is 0 Å². The van der Waals surface area contributed by atoms with Crippen LogP contribution in [-0.2, 0) is 6.42 Å². The van der Waals surface area contributed by atoms with Crippen molar-refractivity contribution in [2.24, 2.45) is 0 Å². The lowest BCUT2D eigenvalue weighted by Gasteiger charge is -2.10. The van der Waals surface area contributed by atoms with E-state index in [4.69, 9.17) is 5.11 Å². The average Bonchev–Trinajstić information content (AvgIpc) is 2.15. The Kier molecular flexibility index (Phi) is 3.96. The summed E-state index contributed by atoms with van der Waals surface area (Å²) in [7, 11) is 0. The summed E-state index contributed by atoms with van der Waals surface area (Å²) in [6.07, 6.45) is -3.77. The Hall–Kier alpha value is -1.23. The van der Waals surface area contributed by atoms with Gasteiger partial charge < -0.3 is 10.4 Å². The monoisotopic (exact) mass is 219 g/mol. The second kappa shape index (κ2) is 5.02. The van der Waals surface area contributed by atoms with Crippen molar-refractivity contribution in [3.8, 4) is 0 Å². The molecule has 2 N–H and O–H groups in total. The number of nitrogens with one attached hydrogen (secondary N) is 1. The topological polar surface area (TPSA) is 32.3 Å². The zero-order valence-electron chi connectivity index (χ0n) is 8.01. The molecule has 2 nitrogen and oxygen atoms in total. The molecule has 84 valence electrons. The van der Waals surface area contributed by atoms with Crippen LogP contribution >= 0.6 is 0 Å². The zero-order chi connectivity index (χ0) is 11.3. The Bertz CT molecular complexity index is 312. The molecule has 0 heterocycles. The number of hydrogen-bond acceptors (Lipinski definition) is 2. The largest absolute Gasteiger partial charge is 0.405 e. The van der Waals surface area contributed by atoms with E-state index >= 15 is 0 Å². The first-order valence-corrected chi connectivity index (χ1v) is 4.52. The molecule has 0 bridgehead atoms. The van der Waals surface area contributed by atoms with Crippen LogP contribution in [0.3, 0.4) is 0 Å². The maximum atomic E-state index is 11.9. The zero-order valence-corrected chi connectivity index (χ0v) is 8.01. The summed E-state index contributed by atoms with van der Waals surface area (Å²) in [5.74, 6) is 0. The van der Waals surface area contributed by atoms with Crippen molar-refractivity contribution in [2.75, 3.05) is 18.5 Å². The molecule has 0 aromatic heterocycles. The molecule has 1 aromatic carbocycles. The van der Waals surface area contributed by atoms with Crippen molar-refractivity contribution >= 4 is 5.69 Å². The number of halogens is 3. The van der Waals surface area contributed by atoms with Gasteiger partial charge in [-0.15, -0.1) is 0 Å². The fraction of sp³-hybridized carbons (Fsp3) is 0.400. The second-order valence-corrected chi connectivity index (χ2v) is 3.14. The summed E-state index contributed by atoms with van der Waals surface area (Å²) >= 11 is 0. The molecular weight excluding hydrogens is 207 g/mol. The van der Waals surface area contributed by atoms with Crippen molar-refractivity contribution in [3.63, 3.8) is 0 Å². The minimum atomic E-state index is -4.22. The van der Waals surface area contributed by atoms with Crippen molar-refractivity contribution in [3.05, 3.63) is 29.8 Å². The van der Waals surface area contributed by atoms with Crippen LogP contribution in [0.1, 0.15) is 5.56 Å². The summed E-state index contributed by atoms with van der Waals surface area (Å²) in [6.45, 7) is -1.06. The van der Waals surface area contributed by atoms with Gasteiger partial charge in [0, 0.05) is 12.3 Å². The molecule has 0 amide bonds. The number of benzene rings is 1. The lowest BCUT2D eigenvalue weighted by atomic mass is 10.1. The molecule has 0 aliphatic carbocycles. The third-order valence-electron chi connectivity index (χ3n) is 1.82. The Labute approximate surface area is 85.7 Å². The van der Waals surface area contributed by atoms with Crippen molar-refractivity contribution in [1.29, 1.82) is 0 Å². The van der Waals surface area contributed by atoms with Gasteiger partial charge in [0.2, 0.25) is 0 Å². The van der Waals surface area contributed by atoms with E-state index in [9.17, 15) is 13.2 Å². The fourth-order valence-electron chi connectivity index (χ4n) is 1.17. The molecule has 0 unspecified atom stereocenters. The van der Waals surface area contributed by atoms with E-state index in [0.29, 0.717) is 12.1 Å². The molecule has 0 aliphatic heterocycles. The molecule has 0 radical (unpaired) electrons. The van der Waals surface area contributed by atoms with Gasteiger partial charge in [0.1, 0.15) is 6.54 Å². The molecule has 0 aliphatic rings. The highest BCUT2D eigenvalue weighted by Gasteiger charge is 2.26. The van der Waals surface area contributed by atoms with E-state index in [1.54, 1.807) is 24.3 Å². The third-order valence-corrected chi connectivity index (χ3v) is 1.82. The molecule has 1 aromatic rings. The molecule has 5 heteroatoms. The molecular formula is C10H12F3NO. The van der Waals surface area contributed by atoms with Crippen molar-refractivity contribution in [1.82, 2.24) is 0 Å². The van der Waals surface area contributed by atoms with Gasteiger partial charge in [-0.05, 0) is 24.1 Å². The lowest BCUT2D eigenvalue weighted by Crippen LogP contribution is -2.21. The van der Waals surface area contributed by atoms with Gasteiger partial charge in [0.15, 0.2) is 0 Å². The van der Waals surface area contributed by atoms with E-state index in [-0.39, 0.29) is 6.61 Å². The number of alkyl halides is 3. The van der Waals surface area contributed by atoms with Crippen LogP contribution in [-0.4, -0.2) is 24.4 Å². The smallest absolute Gasteiger partial charge is 0.396 e. The first-order chi connectivity index (χ1) is 7.01. The molecule has 1 rings (SSSR count). The summed E-state index contributed by atoms with van der Waals surface area (Å²) in [5, 5.41) is 10.9. The Balaban J connectivity index is 2.57. The average molecular weight is 219 g/mol. The SMILES string of the molecule is OCCc1cccc(NCC(F)(F)F)c1. The van der Waals surface area contributed by atoms with Gasteiger partial charge in [-0.3, -0.25) is 0 Å². The summed E-state index contributed by atoms with van der Waals surface area (Å²) in [6, 6.07) is 6.58. The van der Waals surface area contributed by atoms with Crippen LogP contribution in [0.15, 0.2) is 24.3 Å². The standard InChI is InChI=1S/C10H12F3NO/c11-10(12,13)7-14-9-3-1-2-8(6-9)4-5-15/h1-3,6,14-15H,4-5,7H2. The molecule has 0 saturated heterocycles. The molecule has 15 heavy (non-hydrogen) atoms. The number of rotatable bonds is 4.